The number of nitrogens with zero attached hydrogens (tertiary/aromatic N) is 1. The van der Waals surface area contributed by atoms with Gasteiger partial charge in [-0.15, -0.1) is 0 Å². The molecule has 0 aromatic rings. The molecule has 11 atom stereocenters. The average molecular weight is 690 g/mol. The number of alkyl halides is 3. The molecule has 0 N–H and O–H groups in total. The fraction of sp³-hybridized carbons (Fsp3) is 1.00. The highest BCUT2D eigenvalue weighted by atomic mass is 32.2. The zero-order valence-corrected chi connectivity index (χ0v) is 30.6. The van der Waals surface area contributed by atoms with Crippen LogP contribution in [0, 0.1) is 47.3 Å². The van der Waals surface area contributed by atoms with E-state index in [0.717, 1.165) is 71.7 Å². The minimum Gasteiger partial charge on any atom is -0.374 e. The van der Waals surface area contributed by atoms with E-state index in [-0.39, 0.29) is 18.8 Å². The van der Waals surface area contributed by atoms with Crippen LogP contribution in [0.25, 0.3) is 0 Å². The lowest BCUT2D eigenvalue weighted by Crippen LogP contribution is -2.53. The lowest BCUT2D eigenvalue weighted by atomic mass is 9.62. The van der Waals surface area contributed by atoms with Gasteiger partial charge in [0.15, 0.2) is 0 Å². The van der Waals surface area contributed by atoms with Crippen molar-refractivity contribution in [3.63, 3.8) is 0 Å². The van der Waals surface area contributed by atoms with Crippen molar-refractivity contribution in [1.29, 1.82) is 0 Å². The summed E-state index contributed by atoms with van der Waals surface area (Å²) in [5, 5.41) is 1.82. The first-order valence-electron chi connectivity index (χ1n) is 21.5. The first-order chi connectivity index (χ1) is 23.5. The van der Waals surface area contributed by atoms with Crippen molar-refractivity contribution in [3.8, 4) is 0 Å². The lowest BCUT2D eigenvalue weighted by molar-refractivity contribution is -0.0778. The Morgan fingerprint density at radius 2 is 1.02 bits per heavy atom. The molecule has 2 saturated heterocycles. The molecule has 272 valence electrons. The van der Waals surface area contributed by atoms with Crippen molar-refractivity contribution < 1.29 is 17.9 Å². The van der Waals surface area contributed by atoms with Crippen molar-refractivity contribution in [3.05, 3.63) is 0 Å². The molecule has 0 radical (unpaired) electrons. The van der Waals surface area contributed by atoms with Gasteiger partial charge in [-0.3, -0.25) is 4.90 Å². The monoisotopic (exact) mass is 689 g/mol. The summed E-state index contributed by atoms with van der Waals surface area (Å²) in [7, 11) is 0. The molecule has 2 nitrogen and oxygen atoms in total. The van der Waals surface area contributed by atoms with E-state index in [1.165, 1.54) is 116 Å². The second-order valence-corrected chi connectivity index (χ2v) is 20.3. The maximum Gasteiger partial charge on any atom is 0.109 e. The standard InChI is InChI=1S/C42H66F3NOS/c43-27-23-35(44)39(36(45)24-27)26-15-19-30(20-16-26)46(28-7-2-1-3-8-28)29-17-13-25(14-18-29)31-10-6-11-32-33-21-22-38-40(42(33)47-41(31)32)34-9-4-5-12-37(34)48-38/h25-42H,1-24H2. The van der Waals surface area contributed by atoms with Crippen molar-refractivity contribution in [2.24, 2.45) is 47.3 Å². The zero-order valence-electron chi connectivity index (χ0n) is 29.8. The minimum absolute atomic E-state index is 0.0848. The van der Waals surface area contributed by atoms with E-state index in [4.69, 9.17) is 4.74 Å². The number of thioether (sulfide) groups is 1. The van der Waals surface area contributed by atoms with Crippen LogP contribution in [0.3, 0.4) is 0 Å². The maximum atomic E-state index is 15.0. The second-order valence-electron chi connectivity index (χ2n) is 18.9. The van der Waals surface area contributed by atoms with Crippen LogP contribution in [0.2, 0.25) is 0 Å². The van der Waals surface area contributed by atoms with Crippen LogP contribution in [-0.2, 0) is 4.74 Å². The van der Waals surface area contributed by atoms with E-state index >= 15 is 0 Å². The van der Waals surface area contributed by atoms with Crippen molar-refractivity contribution in [1.82, 2.24) is 4.90 Å². The van der Waals surface area contributed by atoms with Gasteiger partial charge in [0.25, 0.3) is 0 Å². The Labute approximate surface area is 294 Å². The maximum absolute atomic E-state index is 15.0. The van der Waals surface area contributed by atoms with Gasteiger partial charge in [-0.25, -0.2) is 13.2 Å². The van der Waals surface area contributed by atoms with E-state index in [1.807, 2.05) is 0 Å². The third kappa shape index (κ3) is 6.28. The van der Waals surface area contributed by atoms with E-state index in [0.29, 0.717) is 30.3 Å². The van der Waals surface area contributed by atoms with Gasteiger partial charge in [-0.05, 0) is 138 Å². The molecular formula is C42H66F3NOS. The molecular weight excluding hydrogens is 624 g/mol. The normalized spacial score (nSPS) is 53.1. The predicted octanol–water partition coefficient (Wildman–Crippen LogP) is 11.0. The van der Waals surface area contributed by atoms with Gasteiger partial charge in [0, 0.05) is 53.3 Å². The number of fused-ring (bicyclic) bond motifs is 7. The summed E-state index contributed by atoms with van der Waals surface area (Å²) in [6, 6.07) is 1.95. The highest BCUT2D eigenvalue weighted by Gasteiger charge is 2.60. The highest BCUT2D eigenvalue weighted by molar-refractivity contribution is 8.00. The molecule has 2 heterocycles. The molecule has 48 heavy (non-hydrogen) atoms. The first kappa shape index (κ1) is 33.9. The number of hydrogen-bond acceptors (Lipinski definition) is 3. The molecule has 2 aliphatic heterocycles. The molecule has 9 rings (SSSR count). The molecule has 0 bridgehead atoms. The van der Waals surface area contributed by atoms with Crippen LogP contribution in [0.4, 0.5) is 13.2 Å². The molecule has 9 aliphatic rings. The van der Waals surface area contributed by atoms with Crippen molar-refractivity contribution >= 4 is 11.8 Å². The molecule has 6 heteroatoms. The molecule has 0 aromatic carbocycles. The van der Waals surface area contributed by atoms with E-state index in [9.17, 15) is 13.2 Å². The quantitative estimate of drug-likeness (QED) is 0.285. The molecule has 9 fully saturated rings. The fourth-order valence-corrected chi connectivity index (χ4v) is 16.8. The van der Waals surface area contributed by atoms with Crippen LogP contribution < -0.4 is 0 Å². The molecule has 0 spiro atoms. The summed E-state index contributed by atoms with van der Waals surface area (Å²) >= 11 is 2.39. The smallest absolute Gasteiger partial charge is 0.109 e. The van der Waals surface area contributed by atoms with E-state index in [1.54, 1.807) is 0 Å². The predicted molar refractivity (Wildman–Crippen MR) is 190 cm³/mol. The van der Waals surface area contributed by atoms with Gasteiger partial charge in [0.1, 0.15) is 18.5 Å². The minimum atomic E-state index is -1.30. The van der Waals surface area contributed by atoms with Gasteiger partial charge in [-0.2, -0.15) is 11.8 Å². The third-order valence-corrected chi connectivity index (χ3v) is 18.5. The third-order valence-electron chi connectivity index (χ3n) is 16.7. The average Bonchev–Trinajstić information content (AvgIpc) is 3.68. The summed E-state index contributed by atoms with van der Waals surface area (Å²) in [5.41, 5.74) is 0. The van der Waals surface area contributed by atoms with Gasteiger partial charge < -0.3 is 4.74 Å². The molecule has 0 amide bonds. The summed E-state index contributed by atoms with van der Waals surface area (Å²) in [6.45, 7) is 0. The number of rotatable bonds is 5. The Kier molecular flexibility index (Phi) is 10.2. The molecule has 7 saturated carbocycles. The zero-order chi connectivity index (χ0) is 32.4. The Morgan fingerprint density at radius 1 is 0.438 bits per heavy atom. The van der Waals surface area contributed by atoms with Crippen LogP contribution in [0.15, 0.2) is 0 Å². The van der Waals surface area contributed by atoms with Crippen molar-refractivity contribution in [2.75, 3.05) is 0 Å². The Balaban J connectivity index is 0.849. The lowest BCUT2D eigenvalue weighted by Gasteiger charge is -2.51. The van der Waals surface area contributed by atoms with Crippen molar-refractivity contribution in [2.45, 2.75) is 213 Å². The van der Waals surface area contributed by atoms with Crippen LogP contribution >= 0.6 is 11.8 Å². The number of ether oxygens (including phenoxy) is 1. The van der Waals surface area contributed by atoms with Crippen LogP contribution in [0.1, 0.15) is 154 Å². The molecule has 0 aromatic heterocycles. The highest BCUT2D eigenvalue weighted by Crippen LogP contribution is 2.62. The van der Waals surface area contributed by atoms with Gasteiger partial charge in [0.2, 0.25) is 0 Å². The van der Waals surface area contributed by atoms with Crippen LogP contribution in [-0.4, -0.2) is 64.2 Å². The Hall–Kier alpha value is 0.0600. The number of halogens is 3. The van der Waals surface area contributed by atoms with Crippen LogP contribution in [0.5, 0.6) is 0 Å². The van der Waals surface area contributed by atoms with Gasteiger partial charge in [-0.1, -0.05) is 38.5 Å². The Morgan fingerprint density at radius 3 is 1.75 bits per heavy atom. The van der Waals surface area contributed by atoms with Gasteiger partial charge in [0.05, 0.1) is 12.2 Å². The molecule has 11 unspecified atom stereocenters. The summed E-state index contributed by atoms with van der Waals surface area (Å²) in [4.78, 5) is 3.02. The number of hydrogen-bond donors (Lipinski definition) is 0. The summed E-state index contributed by atoms with van der Waals surface area (Å²) in [5.74, 6) is 4.62. The fourth-order valence-electron chi connectivity index (χ4n) is 14.7. The van der Waals surface area contributed by atoms with E-state index < -0.39 is 24.4 Å². The summed E-state index contributed by atoms with van der Waals surface area (Å²) in [6.07, 6.45) is 26.3. The largest absolute Gasteiger partial charge is 0.374 e. The molecule has 7 aliphatic carbocycles. The second kappa shape index (κ2) is 14.5. The van der Waals surface area contributed by atoms with E-state index in [2.05, 4.69) is 16.7 Å². The van der Waals surface area contributed by atoms with Gasteiger partial charge >= 0.3 is 0 Å². The SMILES string of the molecule is FC1CC(F)C(C2CCC(N(C3CCCCC3)C3CCC(C4CCCC5C6CCC7SC8CCCCC8C7C6OC45)CC3)CC2)C(F)C1. The first-order valence-corrected chi connectivity index (χ1v) is 22.5. The topological polar surface area (TPSA) is 12.5 Å². The summed E-state index contributed by atoms with van der Waals surface area (Å²) < 4.78 is 51.2. The Bertz CT molecular complexity index is 1060.